The number of rotatable bonds is 2. The Morgan fingerprint density at radius 1 is 1.39 bits per heavy atom. The number of pyridine rings is 1. The smallest absolute Gasteiger partial charge is 0.0346 e. The van der Waals surface area contributed by atoms with Crippen LogP contribution in [0.15, 0.2) is 36.7 Å². The van der Waals surface area contributed by atoms with Crippen LogP contribution in [0.3, 0.4) is 0 Å². The molecule has 2 heterocycles. The Morgan fingerprint density at radius 3 is 3.22 bits per heavy atom. The van der Waals surface area contributed by atoms with E-state index in [0.29, 0.717) is 6.04 Å². The third-order valence-electron chi connectivity index (χ3n) is 3.78. The molecule has 1 aliphatic rings. The number of nitrogens with one attached hydrogen (secondary N) is 1. The zero-order valence-electron chi connectivity index (χ0n) is 10.8. The second-order valence-corrected chi connectivity index (χ2v) is 5.04. The van der Waals surface area contributed by atoms with Gasteiger partial charge in [-0.15, -0.1) is 0 Å². The van der Waals surface area contributed by atoms with Crippen molar-refractivity contribution in [3.8, 4) is 0 Å². The van der Waals surface area contributed by atoms with Gasteiger partial charge in [0.1, 0.15) is 0 Å². The Labute approximate surface area is 108 Å². The van der Waals surface area contributed by atoms with Crippen LogP contribution < -0.4 is 5.32 Å². The first kappa shape index (κ1) is 11.6. The van der Waals surface area contributed by atoms with Crippen LogP contribution in [-0.4, -0.2) is 35.6 Å². The summed E-state index contributed by atoms with van der Waals surface area (Å²) in [7, 11) is 0. The number of hydrogen-bond acceptors (Lipinski definition) is 3. The second kappa shape index (κ2) is 5.04. The molecule has 1 unspecified atom stereocenters. The monoisotopic (exact) mass is 241 g/mol. The van der Waals surface area contributed by atoms with E-state index in [1.807, 2.05) is 12.4 Å². The van der Waals surface area contributed by atoms with Crippen LogP contribution in [-0.2, 0) is 6.54 Å². The predicted molar refractivity (Wildman–Crippen MR) is 74.5 cm³/mol. The van der Waals surface area contributed by atoms with Crippen LogP contribution >= 0.6 is 0 Å². The van der Waals surface area contributed by atoms with Crippen molar-refractivity contribution in [2.45, 2.75) is 19.5 Å². The molecule has 94 valence electrons. The average Bonchev–Trinajstić information content (AvgIpc) is 2.42. The molecule has 3 nitrogen and oxygen atoms in total. The molecule has 3 heteroatoms. The van der Waals surface area contributed by atoms with Gasteiger partial charge in [0.15, 0.2) is 0 Å². The van der Waals surface area contributed by atoms with E-state index in [1.54, 1.807) is 0 Å². The lowest BCUT2D eigenvalue weighted by molar-refractivity contribution is 0.166. The van der Waals surface area contributed by atoms with E-state index in [0.717, 1.165) is 26.2 Å². The van der Waals surface area contributed by atoms with Crippen molar-refractivity contribution in [2.75, 3.05) is 19.6 Å². The maximum atomic E-state index is 4.19. The first-order valence-electron chi connectivity index (χ1n) is 6.61. The standard InChI is InChI=1S/C15H19N3/c1-12-9-17-7-8-18(12)11-14-4-2-3-13-10-16-6-5-15(13)14/h2-6,10,12,17H,7-9,11H2,1H3. The fourth-order valence-electron chi connectivity index (χ4n) is 2.66. The van der Waals surface area contributed by atoms with Crippen molar-refractivity contribution in [3.05, 3.63) is 42.2 Å². The average molecular weight is 241 g/mol. The molecular formula is C15H19N3. The largest absolute Gasteiger partial charge is 0.314 e. The third-order valence-corrected chi connectivity index (χ3v) is 3.78. The minimum atomic E-state index is 0.607. The van der Waals surface area contributed by atoms with Crippen molar-refractivity contribution in [1.82, 2.24) is 15.2 Å². The minimum absolute atomic E-state index is 0.607. The van der Waals surface area contributed by atoms with Gasteiger partial charge in [-0.3, -0.25) is 9.88 Å². The van der Waals surface area contributed by atoms with E-state index in [2.05, 4.69) is 46.4 Å². The molecule has 0 spiro atoms. The van der Waals surface area contributed by atoms with Crippen LogP contribution in [0.4, 0.5) is 0 Å². The lowest BCUT2D eigenvalue weighted by atomic mass is 10.1. The Morgan fingerprint density at radius 2 is 2.33 bits per heavy atom. The molecule has 1 aliphatic heterocycles. The van der Waals surface area contributed by atoms with E-state index < -0.39 is 0 Å². The molecule has 2 aromatic rings. The molecule has 1 fully saturated rings. The molecule has 1 saturated heterocycles. The topological polar surface area (TPSA) is 28.2 Å². The molecular weight excluding hydrogens is 222 g/mol. The highest BCUT2D eigenvalue weighted by atomic mass is 15.2. The number of hydrogen-bond donors (Lipinski definition) is 1. The van der Waals surface area contributed by atoms with E-state index in [-0.39, 0.29) is 0 Å². The summed E-state index contributed by atoms with van der Waals surface area (Å²) in [6.07, 6.45) is 3.83. The highest BCUT2D eigenvalue weighted by molar-refractivity contribution is 5.84. The van der Waals surface area contributed by atoms with Crippen LogP contribution in [0.25, 0.3) is 10.8 Å². The number of aromatic nitrogens is 1. The molecule has 0 bridgehead atoms. The summed E-state index contributed by atoms with van der Waals surface area (Å²) >= 11 is 0. The maximum Gasteiger partial charge on any atom is 0.0346 e. The van der Waals surface area contributed by atoms with Crippen LogP contribution in [0.2, 0.25) is 0 Å². The highest BCUT2D eigenvalue weighted by Crippen LogP contribution is 2.20. The van der Waals surface area contributed by atoms with Crippen molar-refractivity contribution in [2.24, 2.45) is 0 Å². The zero-order valence-corrected chi connectivity index (χ0v) is 10.8. The molecule has 1 N–H and O–H groups in total. The van der Waals surface area contributed by atoms with Crippen molar-refractivity contribution in [1.29, 1.82) is 0 Å². The molecule has 0 radical (unpaired) electrons. The van der Waals surface area contributed by atoms with Crippen molar-refractivity contribution >= 4 is 10.8 Å². The fourth-order valence-corrected chi connectivity index (χ4v) is 2.66. The summed E-state index contributed by atoms with van der Waals surface area (Å²) in [6.45, 7) is 6.63. The van der Waals surface area contributed by atoms with Crippen molar-refractivity contribution < 1.29 is 0 Å². The summed E-state index contributed by atoms with van der Waals surface area (Å²) in [5.41, 5.74) is 1.41. The minimum Gasteiger partial charge on any atom is -0.314 e. The van der Waals surface area contributed by atoms with Gasteiger partial charge in [-0.25, -0.2) is 0 Å². The van der Waals surface area contributed by atoms with Crippen LogP contribution in [0, 0.1) is 0 Å². The van der Waals surface area contributed by atoms with E-state index in [4.69, 9.17) is 0 Å². The van der Waals surface area contributed by atoms with Gasteiger partial charge in [-0.2, -0.15) is 0 Å². The number of nitrogens with zero attached hydrogens (tertiary/aromatic N) is 2. The second-order valence-electron chi connectivity index (χ2n) is 5.04. The van der Waals surface area contributed by atoms with Gasteiger partial charge in [0.2, 0.25) is 0 Å². The SMILES string of the molecule is CC1CNCCN1Cc1cccc2cnccc12. The van der Waals surface area contributed by atoms with Gasteiger partial charge in [0.25, 0.3) is 0 Å². The van der Waals surface area contributed by atoms with Crippen molar-refractivity contribution in [3.63, 3.8) is 0 Å². The normalized spacial score (nSPS) is 21.3. The molecule has 0 saturated carbocycles. The highest BCUT2D eigenvalue weighted by Gasteiger charge is 2.18. The molecule has 0 amide bonds. The Kier molecular flexibility index (Phi) is 3.26. The van der Waals surface area contributed by atoms with Crippen LogP contribution in [0.1, 0.15) is 12.5 Å². The zero-order chi connectivity index (χ0) is 12.4. The fraction of sp³-hybridized carbons (Fsp3) is 0.400. The Balaban J connectivity index is 1.90. The third kappa shape index (κ3) is 2.24. The van der Waals surface area contributed by atoms with Gasteiger partial charge >= 0.3 is 0 Å². The summed E-state index contributed by atoms with van der Waals surface area (Å²) in [6, 6.07) is 9.23. The van der Waals surface area contributed by atoms with Gasteiger partial charge in [-0.05, 0) is 23.9 Å². The molecule has 3 rings (SSSR count). The van der Waals surface area contributed by atoms with Gasteiger partial charge in [-0.1, -0.05) is 18.2 Å². The Hall–Kier alpha value is -1.45. The summed E-state index contributed by atoms with van der Waals surface area (Å²) in [5, 5.41) is 6.00. The number of piperazine rings is 1. The molecule has 18 heavy (non-hydrogen) atoms. The molecule has 1 atom stereocenters. The lowest BCUT2D eigenvalue weighted by Gasteiger charge is -2.34. The van der Waals surface area contributed by atoms with E-state index >= 15 is 0 Å². The van der Waals surface area contributed by atoms with Gasteiger partial charge in [0.05, 0.1) is 0 Å². The van der Waals surface area contributed by atoms with Gasteiger partial charge in [0, 0.05) is 50.0 Å². The van der Waals surface area contributed by atoms with E-state index in [9.17, 15) is 0 Å². The molecule has 1 aromatic carbocycles. The maximum absolute atomic E-state index is 4.19. The number of benzene rings is 1. The predicted octanol–water partition coefficient (Wildman–Crippen LogP) is 2.03. The first-order valence-corrected chi connectivity index (χ1v) is 6.61. The first-order chi connectivity index (χ1) is 8.84. The number of fused-ring (bicyclic) bond motifs is 1. The van der Waals surface area contributed by atoms with Crippen LogP contribution in [0.5, 0.6) is 0 Å². The molecule has 1 aromatic heterocycles. The summed E-state index contributed by atoms with van der Waals surface area (Å²) in [5.74, 6) is 0. The van der Waals surface area contributed by atoms with Gasteiger partial charge < -0.3 is 5.32 Å². The molecule has 0 aliphatic carbocycles. The quantitative estimate of drug-likeness (QED) is 0.872. The summed E-state index contributed by atoms with van der Waals surface area (Å²) in [4.78, 5) is 6.74. The summed E-state index contributed by atoms with van der Waals surface area (Å²) < 4.78 is 0. The Bertz CT molecular complexity index is 533. The lowest BCUT2D eigenvalue weighted by Crippen LogP contribution is -2.49. The van der Waals surface area contributed by atoms with E-state index in [1.165, 1.54) is 16.3 Å².